The number of aromatic nitrogens is 1. The van der Waals surface area contributed by atoms with Crippen molar-refractivity contribution in [2.75, 3.05) is 5.32 Å². The van der Waals surface area contributed by atoms with Gasteiger partial charge >= 0.3 is 0 Å². The summed E-state index contributed by atoms with van der Waals surface area (Å²) in [6.07, 6.45) is 0. The predicted octanol–water partition coefficient (Wildman–Crippen LogP) is 13.4. The third kappa shape index (κ3) is 5.13. The highest BCUT2D eigenvalue weighted by Gasteiger charge is 2.39. The minimum absolute atomic E-state index is 0.0209. The molecule has 0 atom stereocenters. The van der Waals surface area contributed by atoms with Crippen molar-refractivity contribution in [3.63, 3.8) is 0 Å². The van der Waals surface area contributed by atoms with Crippen molar-refractivity contribution in [1.29, 1.82) is 0 Å². The van der Waals surface area contributed by atoms with E-state index in [1.807, 2.05) is 0 Å². The first kappa shape index (κ1) is 36.3. The number of benzene rings is 7. The molecule has 2 heterocycles. The maximum absolute atomic E-state index is 3.97. The molecule has 0 spiro atoms. The topological polar surface area (TPSA) is 17.0 Å². The fraction of sp³-hybridized carbons (Fsp3) is 0.250. The molecular formula is C56H52BN2. The van der Waals surface area contributed by atoms with Crippen LogP contribution in [0.5, 0.6) is 0 Å². The molecule has 0 amide bonds. The standard InChI is InChI=1S/C56H52BN2/c1-53(2,3)32-19-22-34(23-20-32)58-48-30-39-35-15-11-13-17-43(35)55(7,8)45(39)28-41(48)37-24-25-38-42-29-46-40(36-16-12-14-18-44(36)56(46,9)10)31-50(42)59-49-26-21-33(54(4,5)6)27-47(49)57-51(37)52(38)59/h11-31,58H,1-10H3. The Balaban J connectivity index is 1.20. The van der Waals surface area contributed by atoms with Crippen LogP contribution in [-0.4, -0.2) is 11.8 Å². The average Bonchev–Trinajstić information content (AvgIpc) is 3.73. The smallest absolute Gasteiger partial charge is 0.197 e. The Bertz CT molecular complexity index is 3100. The van der Waals surface area contributed by atoms with Crippen molar-refractivity contribution in [2.45, 2.75) is 90.9 Å². The zero-order valence-electron chi connectivity index (χ0n) is 36.1. The molecule has 1 aromatic heterocycles. The summed E-state index contributed by atoms with van der Waals surface area (Å²) >= 11 is 0. The SMILES string of the molecule is CC(C)(C)c1ccc(Nc2cc3c(cc2-c2ccc4c5cc6c(cc5n5c4c2[B]c2cc(C(C)(C)C)ccc2-5)-c2ccccc2C6(C)C)C(C)(C)c2ccccc2-3)cc1. The number of nitrogens with zero attached hydrogens (tertiary/aromatic N) is 1. The average molecular weight is 764 g/mol. The molecule has 0 saturated heterocycles. The monoisotopic (exact) mass is 763 g/mol. The zero-order valence-corrected chi connectivity index (χ0v) is 36.1. The summed E-state index contributed by atoms with van der Waals surface area (Å²) in [6.45, 7) is 23.3. The molecule has 2 aliphatic carbocycles. The van der Waals surface area contributed by atoms with E-state index in [1.165, 1.54) is 105 Å². The van der Waals surface area contributed by atoms with Gasteiger partial charge in [0.25, 0.3) is 0 Å². The lowest BCUT2D eigenvalue weighted by Crippen LogP contribution is -2.38. The minimum Gasteiger partial charge on any atom is -0.355 e. The largest absolute Gasteiger partial charge is 0.355 e. The van der Waals surface area contributed by atoms with Crippen LogP contribution in [0.3, 0.4) is 0 Å². The molecular weight excluding hydrogens is 711 g/mol. The molecule has 8 aromatic rings. The second-order valence-corrected chi connectivity index (χ2v) is 20.6. The molecule has 59 heavy (non-hydrogen) atoms. The quantitative estimate of drug-likeness (QED) is 0.177. The Kier molecular flexibility index (Phi) is 7.33. The first-order valence-electron chi connectivity index (χ1n) is 21.4. The third-order valence-electron chi connectivity index (χ3n) is 14.1. The second-order valence-electron chi connectivity index (χ2n) is 20.6. The Morgan fingerprint density at radius 2 is 1.08 bits per heavy atom. The predicted molar refractivity (Wildman–Crippen MR) is 253 cm³/mol. The van der Waals surface area contributed by atoms with E-state index in [-0.39, 0.29) is 21.7 Å². The van der Waals surface area contributed by atoms with Crippen LogP contribution in [0.25, 0.3) is 60.9 Å². The number of rotatable bonds is 3. The van der Waals surface area contributed by atoms with Gasteiger partial charge in [-0.3, -0.25) is 0 Å². The molecule has 289 valence electrons. The van der Waals surface area contributed by atoms with Crippen molar-refractivity contribution in [3.8, 4) is 39.1 Å². The lowest BCUT2D eigenvalue weighted by molar-refractivity contribution is 0.590. The van der Waals surface area contributed by atoms with Crippen LogP contribution in [0.15, 0.2) is 127 Å². The fourth-order valence-corrected chi connectivity index (χ4v) is 10.7. The summed E-state index contributed by atoms with van der Waals surface area (Å²) in [5.74, 6) is 0. The third-order valence-corrected chi connectivity index (χ3v) is 14.1. The molecule has 2 nitrogen and oxygen atoms in total. The van der Waals surface area contributed by atoms with Gasteiger partial charge in [0.15, 0.2) is 7.28 Å². The number of hydrogen-bond donors (Lipinski definition) is 1. The van der Waals surface area contributed by atoms with Gasteiger partial charge in [-0.2, -0.15) is 0 Å². The second kappa shape index (κ2) is 11.9. The highest BCUT2D eigenvalue weighted by molar-refractivity contribution is 6.73. The van der Waals surface area contributed by atoms with Gasteiger partial charge in [0, 0.05) is 49.7 Å². The van der Waals surface area contributed by atoms with E-state index in [0.717, 1.165) is 11.4 Å². The van der Waals surface area contributed by atoms with Crippen LogP contribution in [0, 0.1) is 0 Å². The van der Waals surface area contributed by atoms with Crippen molar-refractivity contribution < 1.29 is 0 Å². The van der Waals surface area contributed by atoms with E-state index in [9.17, 15) is 0 Å². The zero-order chi connectivity index (χ0) is 41.0. The van der Waals surface area contributed by atoms with Crippen LogP contribution < -0.4 is 16.2 Å². The van der Waals surface area contributed by atoms with E-state index in [2.05, 4.69) is 214 Å². The van der Waals surface area contributed by atoms with E-state index in [4.69, 9.17) is 0 Å². The molecule has 1 N–H and O–H groups in total. The molecule has 0 fully saturated rings. The van der Waals surface area contributed by atoms with Gasteiger partial charge in [-0.25, -0.2) is 0 Å². The fourth-order valence-electron chi connectivity index (χ4n) is 10.7. The number of nitrogens with one attached hydrogen (secondary N) is 1. The van der Waals surface area contributed by atoms with Gasteiger partial charge in [0.05, 0.1) is 5.52 Å². The normalized spacial score (nSPS) is 15.4. The molecule has 1 radical (unpaired) electrons. The van der Waals surface area contributed by atoms with Crippen molar-refractivity contribution >= 4 is 51.4 Å². The van der Waals surface area contributed by atoms with Crippen molar-refractivity contribution in [2.24, 2.45) is 0 Å². The molecule has 11 rings (SSSR count). The van der Waals surface area contributed by atoms with Crippen molar-refractivity contribution in [3.05, 3.63) is 161 Å². The number of fused-ring (bicyclic) bond motifs is 11. The van der Waals surface area contributed by atoms with Crippen LogP contribution in [0.2, 0.25) is 0 Å². The van der Waals surface area contributed by atoms with Gasteiger partial charge < -0.3 is 9.88 Å². The van der Waals surface area contributed by atoms with E-state index >= 15 is 0 Å². The lowest BCUT2D eigenvalue weighted by atomic mass is 9.58. The minimum atomic E-state index is -0.134. The molecule has 1 aliphatic heterocycles. The molecule has 0 bridgehead atoms. The summed E-state index contributed by atoms with van der Waals surface area (Å²) in [6, 6.07) is 49.0. The highest BCUT2D eigenvalue weighted by atomic mass is 15.0. The Labute approximate surface area is 350 Å². The van der Waals surface area contributed by atoms with Gasteiger partial charge in [0.1, 0.15) is 0 Å². The summed E-state index contributed by atoms with van der Waals surface area (Å²) in [5, 5.41) is 6.59. The van der Waals surface area contributed by atoms with Crippen LogP contribution >= 0.6 is 0 Å². The van der Waals surface area contributed by atoms with Gasteiger partial charge in [-0.15, -0.1) is 0 Å². The van der Waals surface area contributed by atoms with Crippen molar-refractivity contribution in [1.82, 2.24) is 4.57 Å². The van der Waals surface area contributed by atoms with Gasteiger partial charge in [-0.1, -0.05) is 160 Å². The lowest BCUT2D eigenvalue weighted by Gasteiger charge is -2.27. The van der Waals surface area contributed by atoms with Crippen LogP contribution in [-0.2, 0) is 21.7 Å². The molecule has 3 heteroatoms. The summed E-state index contributed by atoms with van der Waals surface area (Å²) < 4.78 is 2.59. The Morgan fingerprint density at radius 3 is 1.73 bits per heavy atom. The Hall–Kier alpha value is -5.80. The molecule has 0 unspecified atom stereocenters. The first-order chi connectivity index (χ1) is 28.0. The maximum Gasteiger partial charge on any atom is 0.197 e. The number of anilines is 2. The van der Waals surface area contributed by atoms with E-state index in [1.54, 1.807) is 0 Å². The molecule has 7 aromatic carbocycles. The number of hydrogen-bond acceptors (Lipinski definition) is 1. The Morgan fingerprint density at radius 1 is 0.492 bits per heavy atom. The summed E-state index contributed by atoms with van der Waals surface area (Å²) in [4.78, 5) is 0. The van der Waals surface area contributed by atoms with Crippen LogP contribution in [0.1, 0.15) is 103 Å². The van der Waals surface area contributed by atoms with Crippen LogP contribution in [0.4, 0.5) is 11.4 Å². The summed E-state index contributed by atoms with van der Waals surface area (Å²) in [5.41, 5.74) is 24.5. The first-order valence-corrected chi connectivity index (χ1v) is 21.4. The van der Waals surface area contributed by atoms with E-state index < -0.39 is 0 Å². The van der Waals surface area contributed by atoms with E-state index in [0.29, 0.717) is 0 Å². The van der Waals surface area contributed by atoms with Gasteiger partial charge in [-0.05, 0) is 120 Å². The molecule has 3 aliphatic rings. The maximum atomic E-state index is 3.97. The molecule has 0 saturated carbocycles. The van der Waals surface area contributed by atoms with Gasteiger partial charge in [0.2, 0.25) is 0 Å². The summed E-state index contributed by atoms with van der Waals surface area (Å²) in [7, 11) is 2.49. The highest BCUT2D eigenvalue weighted by Crippen LogP contribution is 2.53.